The number of likely N-dealkylation sites (N-methyl/N-ethyl adjacent to an activating group) is 1. The summed E-state index contributed by atoms with van der Waals surface area (Å²) in [5, 5.41) is 11.7. The van der Waals surface area contributed by atoms with Gasteiger partial charge >= 0.3 is 0 Å². The van der Waals surface area contributed by atoms with Crippen LogP contribution in [0.15, 0.2) is 36.0 Å². The van der Waals surface area contributed by atoms with Crippen molar-refractivity contribution in [2.24, 2.45) is 0 Å². The Balaban J connectivity index is 1.96. The van der Waals surface area contributed by atoms with Crippen molar-refractivity contribution < 1.29 is 28.9 Å². The highest BCUT2D eigenvalue weighted by Crippen LogP contribution is 2.45. The molecule has 10 nitrogen and oxygen atoms in total. The number of rotatable bonds is 10. The fourth-order valence-electron chi connectivity index (χ4n) is 5.18. The van der Waals surface area contributed by atoms with E-state index in [4.69, 9.17) is 14.2 Å². The Hall–Kier alpha value is -4.05. The number of likely N-dealkylation sites (tertiary alicyclic amines) is 1. The third-order valence-corrected chi connectivity index (χ3v) is 7.40. The second kappa shape index (κ2) is 11.4. The molecule has 10 heteroatoms. The minimum Gasteiger partial charge on any atom is -0.505 e. The maximum absolute atomic E-state index is 13.6. The summed E-state index contributed by atoms with van der Waals surface area (Å²) in [6.45, 7) is 10.3. The van der Waals surface area contributed by atoms with E-state index in [0.29, 0.717) is 40.7 Å². The number of hydrogen-bond donors (Lipinski definition) is 1. The highest BCUT2D eigenvalue weighted by atomic mass is 16.5. The molecule has 1 fully saturated rings. The van der Waals surface area contributed by atoms with Gasteiger partial charge in [-0.1, -0.05) is 19.9 Å². The highest BCUT2D eigenvalue weighted by Gasteiger charge is 2.47. The van der Waals surface area contributed by atoms with Gasteiger partial charge in [-0.05, 0) is 56.3 Å². The number of carbonyl (C=O) groups excluding carboxylic acids is 2. The van der Waals surface area contributed by atoms with Gasteiger partial charge in [0.25, 0.3) is 11.7 Å². The summed E-state index contributed by atoms with van der Waals surface area (Å²) in [6.07, 6.45) is 1.85. The number of ether oxygens (including phenoxy) is 3. The van der Waals surface area contributed by atoms with E-state index in [1.165, 1.54) is 26.2 Å². The number of hydrogen-bond acceptors (Lipinski definition) is 8. The summed E-state index contributed by atoms with van der Waals surface area (Å²) >= 11 is 0. The predicted molar refractivity (Wildman–Crippen MR) is 148 cm³/mol. The molecule has 3 aromatic rings. The Kier molecular flexibility index (Phi) is 8.15. The smallest absolute Gasteiger partial charge is 0.295 e. The number of benzene rings is 1. The van der Waals surface area contributed by atoms with E-state index in [1.807, 2.05) is 50.4 Å². The van der Waals surface area contributed by atoms with Gasteiger partial charge in [-0.3, -0.25) is 9.59 Å². The first-order valence-corrected chi connectivity index (χ1v) is 13.0. The number of aryl methyl sites for hydroxylation is 2. The van der Waals surface area contributed by atoms with Crippen LogP contribution in [0.1, 0.15) is 42.4 Å². The molecule has 0 bridgehead atoms. The van der Waals surface area contributed by atoms with Crippen molar-refractivity contribution in [3.05, 3.63) is 58.6 Å². The average Bonchev–Trinajstić information content (AvgIpc) is 3.42. The Morgan fingerprint density at radius 2 is 1.69 bits per heavy atom. The van der Waals surface area contributed by atoms with Gasteiger partial charge in [0.15, 0.2) is 17.3 Å². The molecule has 0 aliphatic carbocycles. The van der Waals surface area contributed by atoms with E-state index in [9.17, 15) is 14.7 Å². The molecule has 0 spiro atoms. The number of Topliss-reactive ketones (excluding diaryl/α,β-unsaturated/α-hetero) is 1. The lowest BCUT2D eigenvalue weighted by atomic mass is 9.95. The monoisotopic (exact) mass is 536 g/mol. The second-order valence-electron chi connectivity index (χ2n) is 9.41. The Morgan fingerprint density at radius 3 is 2.23 bits per heavy atom. The fraction of sp³-hybridized carbons (Fsp3) is 0.414. The molecule has 1 amide bonds. The first-order chi connectivity index (χ1) is 18.7. The molecule has 0 radical (unpaired) electrons. The number of aromatic nitrogens is 2. The zero-order chi connectivity index (χ0) is 28.4. The third kappa shape index (κ3) is 4.80. The Bertz CT molecular complexity index is 1410. The summed E-state index contributed by atoms with van der Waals surface area (Å²) in [5.74, 6) is -0.631. The minimum atomic E-state index is -0.889. The summed E-state index contributed by atoms with van der Waals surface area (Å²) in [4.78, 5) is 35.4. The van der Waals surface area contributed by atoms with Crippen LogP contribution in [0, 0.1) is 13.8 Å². The molecule has 1 aliphatic rings. The Morgan fingerprint density at radius 1 is 1.05 bits per heavy atom. The largest absolute Gasteiger partial charge is 0.505 e. The van der Waals surface area contributed by atoms with Crippen LogP contribution >= 0.6 is 0 Å². The molecule has 2 aromatic heterocycles. The quantitative estimate of drug-likeness (QED) is 0.237. The standard InChI is InChI=1S/C29H36N4O6/c1-8-31(9-2)13-14-33-24(19-15-20(37-5)27(39-7)21(16-19)38-6)22(26(35)29(33)36)25(34)23-18(4)32-12-10-11-17(3)28(32)30-23/h10-12,15-16,24,34H,8-9,13-14H2,1-7H3/b25-22+. The van der Waals surface area contributed by atoms with E-state index in [-0.39, 0.29) is 23.6 Å². The van der Waals surface area contributed by atoms with Crippen LogP contribution < -0.4 is 14.2 Å². The number of pyridine rings is 1. The second-order valence-corrected chi connectivity index (χ2v) is 9.41. The number of amides is 1. The average molecular weight is 537 g/mol. The fourth-order valence-corrected chi connectivity index (χ4v) is 5.18. The summed E-state index contributed by atoms with van der Waals surface area (Å²) in [5.41, 5.74) is 3.00. The summed E-state index contributed by atoms with van der Waals surface area (Å²) in [6, 6.07) is 6.34. The first kappa shape index (κ1) is 28.0. The Labute approximate surface area is 228 Å². The van der Waals surface area contributed by atoms with Gasteiger partial charge in [0.05, 0.1) is 38.6 Å². The molecule has 1 N–H and O–H groups in total. The van der Waals surface area contributed by atoms with E-state index < -0.39 is 17.7 Å². The van der Waals surface area contributed by atoms with Crippen LogP contribution in [0.4, 0.5) is 0 Å². The molecular weight excluding hydrogens is 500 g/mol. The van der Waals surface area contributed by atoms with Crippen molar-refractivity contribution >= 4 is 23.1 Å². The minimum absolute atomic E-state index is 0.0296. The number of aliphatic hydroxyl groups excluding tert-OH is 1. The molecule has 1 saturated heterocycles. The molecule has 1 aliphatic heterocycles. The molecule has 39 heavy (non-hydrogen) atoms. The topological polar surface area (TPSA) is 106 Å². The molecule has 3 heterocycles. The van der Waals surface area contributed by atoms with Crippen molar-refractivity contribution in [2.45, 2.75) is 33.7 Å². The maximum Gasteiger partial charge on any atom is 0.295 e. The van der Waals surface area contributed by atoms with Crippen molar-refractivity contribution in [2.75, 3.05) is 47.5 Å². The number of imidazole rings is 1. The van der Waals surface area contributed by atoms with Gasteiger partial charge in [-0.25, -0.2) is 4.98 Å². The van der Waals surface area contributed by atoms with Crippen molar-refractivity contribution in [3.63, 3.8) is 0 Å². The zero-order valence-corrected chi connectivity index (χ0v) is 23.6. The van der Waals surface area contributed by atoms with Crippen molar-refractivity contribution in [1.82, 2.24) is 19.2 Å². The van der Waals surface area contributed by atoms with Crippen LogP contribution in [-0.4, -0.2) is 83.5 Å². The zero-order valence-electron chi connectivity index (χ0n) is 23.6. The number of ketones is 1. The third-order valence-electron chi connectivity index (χ3n) is 7.40. The summed E-state index contributed by atoms with van der Waals surface area (Å²) in [7, 11) is 4.51. The van der Waals surface area contributed by atoms with Gasteiger partial charge in [0.2, 0.25) is 5.75 Å². The van der Waals surface area contributed by atoms with Gasteiger partial charge in [-0.2, -0.15) is 0 Å². The van der Waals surface area contributed by atoms with E-state index in [1.54, 1.807) is 12.1 Å². The SMILES string of the molecule is CCN(CC)CCN1C(=O)C(=O)/C(=C(/O)c2nc3c(C)cccn3c2C)C1c1cc(OC)c(OC)c(OC)c1. The highest BCUT2D eigenvalue weighted by molar-refractivity contribution is 6.46. The van der Waals surface area contributed by atoms with Gasteiger partial charge in [0, 0.05) is 19.3 Å². The van der Waals surface area contributed by atoms with Crippen molar-refractivity contribution in [1.29, 1.82) is 0 Å². The lowest BCUT2D eigenvalue weighted by Gasteiger charge is -2.28. The number of nitrogens with zero attached hydrogens (tertiary/aromatic N) is 4. The van der Waals surface area contributed by atoms with Gasteiger partial charge in [-0.15, -0.1) is 0 Å². The normalized spacial score (nSPS) is 16.9. The van der Waals surface area contributed by atoms with Crippen LogP contribution in [0.2, 0.25) is 0 Å². The molecule has 208 valence electrons. The molecule has 4 rings (SSSR count). The van der Waals surface area contributed by atoms with E-state index in [2.05, 4.69) is 9.88 Å². The lowest BCUT2D eigenvalue weighted by Crippen LogP contribution is -2.38. The van der Waals surface area contributed by atoms with Crippen LogP contribution in [0.5, 0.6) is 17.2 Å². The van der Waals surface area contributed by atoms with Gasteiger partial charge in [0.1, 0.15) is 11.3 Å². The van der Waals surface area contributed by atoms with Crippen LogP contribution in [-0.2, 0) is 9.59 Å². The predicted octanol–water partition coefficient (Wildman–Crippen LogP) is 3.74. The molecular formula is C29H36N4O6. The number of aliphatic hydroxyl groups is 1. The van der Waals surface area contributed by atoms with E-state index >= 15 is 0 Å². The van der Waals surface area contributed by atoms with Crippen LogP contribution in [0.25, 0.3) is 11.4 Å². The lowest BCUT2D eigenvalue weighted by molar-refractivity contribution is -0.140. The molecule has 1 aromatic carbocycles. The number of carbonyl (C=O) groups is 2. The summed E-state index contributed by atoms with van der Waals surface area (Å²) < 4.78 is 18.5. The van der Waals surface area contributed by atoms with Crippen LogP contribution in [0.3, 0.4) is 0 Å². The molecule has 1 atom stereocenters. The maximum atomic E-state index is 13.6. The number of methoxy groups -OCH3 is 3. The first-order valence-electron chi connectivity index (χ1n) is 13.0. The van der Waals surface area contributed by atoms with E-state index in [0.717, 1.165) is 18.7 Å². The van der Waals surface area contributed by atoms with Crippen molar-refractivity contribution in [3.8, 4) is 17.2 Å². The molecule has 1 unspecified atom stereocenters. The van der Waals surface area contributed by atoms with Gasteiger partial charge < -0.3 is 33.5 Å². The molecule has 0 saturated carbocycles. The number of fused-ring (bicyclic) bond motifs is 1.